The Labute approximate surface area is 181 Å². The molecule has 2 aliphatic rings. The highest BCUT2D eigenvalue weighted by molar-refractivity contribution is 7.10. The third kappa shape index (κ3) is 3.55. The largest absolute Gasteiger partial charge is 0.482 e. The first-order chi connectivity index (χ1) is 15.0. The van der Waals surface area contributed by atoms with Crippen LogP contribution >= 0.6 is 11.3 Å². The highest BCUT2D eigenvalue weighted by Gasteiger charge is 2.39. The van der Waals surface area contributed by atoms with Gasteiger partial charge < -0.3 is 20.9 Å². The van der Waals surface area contributed by atoms with Crippen molar-refractivity contribution in [2.45, 2.75) is 24.8 Å². The van der Waals surface area contributed by atoms with Crippen molar-refractivity contribution in [1.82, 2.24) is 14.8 Å². The molecular formula is C21H19N5O4S. The number of thiophene rings is 1. The van der Waals surface area contributed by atoms with Crippen molar-refractivity contribution in [3.05, 3.63) is 63.5 Å². The summed E-state index contributed by atoms with van der Waals surface area (Å²) in [6.07, 6.45) is 1.13. The van der Waals surface area contributed by atoms with Crippen molar-refractivity contribution < 1.29 is 19.4 Å². The van der Waals surface area contributed by atoms with E-state index in [2.05, 4.69) is 21.5 Å². The lowest BCUT2D eigenvalue weighted by atomic mass is 9.80. The number of rotatable bonds is 5. The molecule has 0 spiro atoms. The van der Waals surface area contributed by atoms with Gasteiger partial charge in [-0.15, -0.1) is 16.4 Å². The topological polar surface area (TPSA) is 132 Å². The molecule has 1 aromatic carbocycles. The maximum Gasteiger partial charge on any atom is 0.341 e. The second-order valence-corrected chi connectivity index (χ2v) is 8.43. The molecule has 0 bridgehead atoms. The fraction of sp³-hybridized carbons (Fsp3) is 0.238. The molecule has 0 fully saturated rings. The maximum absolute atomic E-state index is 13.3. The van der Waals surface area contributed by atoms with Crippen LogP contribution in [0.25, 0.3) is 0 Å². The number of nitrogens with two attached hydrogens (primary N) is 1. The Kier molecular flexibility index (Phi) is 4.70. The first-order valence-corrected chi connectivity index (χ1v) is 10.6. The third-order valence-corrected chi connectivity index (χ3v) is 6.47. The van der Waals surface area contributed by atoms with Crippen LogP contribution in [0.2, 0.25) is 0 Å². The summed E-state index contributed by atoms with van der Waals surface area (Å²) in [5.74, 6) is 0.178. The number of fused-ring (bicyclic) bond motifs is 1. The van der Waals surface area contributed by atoms with Crippen LogP contribution in [0.1, 0.15) is 35.2 Å². The van der Waals surface area contributed by atoms with E-state index in [9.17, 15) is 9.59 Å². The molecule has 2 aromatic heterocycles. The van der Waals surface area contributed by atoms with E-state index in [1.807, 2.05) is 11.4 Å². The van der Waals surface area contributed by atoms with Gasteiger partial charge in [0.15, 0.2) is 12.4 Å². The third-order valence-electron chi connectivity index (χ3n) is 5.44. The molecule has 0 saturated heterocycles. The number of nitrogens with zero attached hydrogens (tertiary/aromatic N) is 3. The number of hydrogen-bond acceptors (Lipinski definition) is 8. The number of hydrogen-bond donors (Lipinski definition) is 3. The minimum absolute atomic E-state index is 0.0584. The minimum Gasteiger partial charge on any atom is -0.482 e. The van der Waals surface area contributed by atoms with Crippen LogP contribution in [-0.4, -0.2) is 38.2 Å². The molecule has 2 atom stereocenters. The van der Waals surface area contributed by atoms with E-state index in [-0.39, 0.29) is 17.6 Å². The fourth-order valence-electron chi connectivity index (χ4n) is 4.15. The van der Waals surface area contributed by atoms with Gasteiger partial charge in [-0.1, -0.05) is 18.2 Å². The molecule has 0 amide bonds. The zero-order valence-electron chi connectivity index (χ0n) is 16.3. The van der Waals surface area contributed by atoms with E-state index >= 15 is 0 Å². The number of ether oxygens (including phenoxy) is 1. The van der Waals surface area contributed by atoms with Crippen LogP contribution < -0.4 is 15.8 Å². The Balaban J connectivity index is 1.53. The summed E-state index contributed by atoms with van der Waals surface area (Å²) in [5.41, 5.74) is 8.17. The summed E-state index contributed by atoms with van der Waals surface area (Å²) >= 11 is 1.65. The minimum atomic E-state index is -1.05. The number of aromatic nitrogens is 3. The van der Waals surface area contributed by atoms with Gasteiger partial charge >= 0.3 is 5.97 Å². The number of carboxylic acids is 1. The van der Waals surface area contributed by atoms with Crippen molar-refractivity contribution in [2.75, 3.05) is 17.7 Å². The molecule has 1 aliphatic heterocycles. The summed E-state index contributed by atoms with van der Waals surface area (Å²) in [4.78, 5) is 29.5. The number of benzene rings is 1. The van der Waals surface area contributed by atoms with Crippen LogP contribution in [0.3, 0.4) is 0 Å². The van der Waals surface area contributed by atoms with Gasteiger partial charge in [-0.05, 0) is 35.6 Å². The lowest BCUT2D eigenvalue weighted by Gasteiger charge is -2.34. The fourth-order valence-corrected chi connectivity index (χ4v) is 4.98. The number of carboxylic acid groups (broad SMARTS) is 1. The van der Waals surface area contributed by atoms with Gasteiger partial charge in [0, 0.05) is 28.5 Å². The molecule has 5 rings (SSSR count). The molecule has 9 nitrogen and oxygen atoms in total. The zero-order valence-corrected chi connectivity index (χ0v) is 17.1. The highest BCUT2D eigenvalue weighted by Crippen LogP contribution is 2.45. The normalized spacial score (nSPS) is 20.1. The van der Waals surface area contributed by atoms with Gasteiger partial charge in [-0.3, -0.25) is 4.79 Å². The molecule has 3 heterocycles. The van der Waals surface area contributed by atoms with Crippen molar-refractivity contribution >= 4 is 35.0 Å². The second kappa shape index (κ2) is 7.55. The van der Waals surface area contributed by atoms with Crippen molar-refractivity contribution in [2.24, 2.45) is 0 Å². The second-order valence-electron chi connectivity index (χ2n) is 7.45. The zero-order chi connectivity index (χ0) is 21.5. The summed E-state index contributed by atoms with van der Waals surface area (Å²) < 4.78 is 6.85. The van der Waals surface area contributed by atoms with Gasteiger partial charge in [0.05, 0.1) is 0 Å². The predicted octanol–water partition coefficient (Wildman–Crippen LogP) is 2.80. The first kappa shape index (κ1) is 19.3. The number of anilines is 2. The average Bonchev–Trinajstić information content (AvgIpc) is 3.40. The molecule has 31 heavy (non-hydrogen) atoms. The van der Waals surface area contributed by atoms with Crippen LogP contribution in [0.15, 0.2) is 53.0 Å². The number of carbonyl (C=O) groups excluding carboxylic acids is 1. The number of carbonyl (C=O) groups is 2. The van der Waals surface area contributed by atoms with E-state index in [1.165, 1.54) is 4.88 Å². The summed E-state index contributed by atoms with van der Waals surface area (Å²) in [6, 6.07) is 10.6. The lowest BCUT2D eigenvalue weighted by Crippen LogP contribution is -2.33. The number of Topliss-reactive ketones (excluding diaryl/α,β-unsaturated/α-hetero) is 1. The first-order valence-electron chi connectivity index (χ1n) is 9.73. The van der Waals surface area contributed by atoms with E-state index in [0.717, 1.165) is 11.3 Å². The number of nitrogens with one attached hydrogen (secondary N) is 1. The van der Waals surface area contributed by atoms with Crippen molar-refractivity contribution in [1.29, 1.82) is 0 Å². The molecule has 10 heteroatoms. The van der Waals surface area contributed by atoms with E-state index < -0.39 is 18.6 Å². The van der Waals surface area contributed by atoms with Crippen LogP contribution in [0.4, 0.5) is 11.9 Å². The smallest absolute Gasteiger partial charge is 0.341 e. The molecule has 4 N–H and O–H groups in total. The van der Waals surface area contributed by atoms with Crippen LogP contribution in [-0.2, 0) is 9.59 Å². The lowest BCUT2D eigenvalue weighted by molar-refractivity contribution is -0.139. The number of allylic oxidation sites excluding steroid dienone is 2. The van der Waals surface area contributed by atoms with Gasteiger partial charge in [0.2, 0.25) is 11.9 Å². The van der Waals surface area contributed by atoms with Crippen molar-refractivity contribution in [3.8, 4) is 5.75 Å². The van der Waals surface area contributed by atoms with Gasteiger partial charge in [-0.25, -0.2) is 9.48 Å². The van der Waals surface area contributed by atoms with Gasteiger partial charge in [0.25, 0.3) is 0 Å². The molecule has 0 unspecified atom stereocenters. The maximum atomic E-state index is 13.3. The van der Waals surface area contributed by atoms with Crippen molar-refractivity contribution in [3.63, 3.8) is 0 Å². The Morgan fingerprint density at radius 2 is 2.10 bits per heavy atom. The molecule has 1 aliphatic carbocycles. The summed E-state index contributed by atoms with van der Waals surface area (Å²) in [5, 5.41) is 18.4. The summed E-state index contributed by atoms with van der Waals surface area (Å²) in [7, 11) is 0. The Hall–Kier alpha value is -3.66. The molecule has 0 radical (unpaired) electrons. The highest BCUT2D eigenvalue weighted by atomic mass is 32.1. The van der Waals surface area contributed by atoms with Crippen LogP contribution in [0.5, 0.6) is 5.75 Å². The molecule has 158 valence electrons. The number of ketones is 1. The van der Waals surface area contributed by atoms with Gasteiger partial charge in [0.1, 0.15) is 11.8 Å². The Morgan fingerprint density at radius 3 is 2.81 bits per heavy atom. The van der Waals surface area contributed by atoms with E-state index in [0.29, 0.717) is 30.1 Å². The number of nitrogen functional groups attached to an aromatic ring is 1. The van der Waals surface area contributed by atoms with E-state index in [1.54, 1.807) is 40.3 Å². The quantitative estimate of drug-likeness (QED) is 0.555. The van der Waals surface area contributed by atoms with Crippen LogP contribution in [0, 0.1) is 0 Å². The number of aliphatic carboxylic acids is 1. The molecule has 0 saturated carbocycles. The average molecular weight is 437 g/mol. The monoisotopic (exact) mass is 437 g/mol. The standard InChI is InChI=1S/C21H19N5O4S/c22-20-24-21-23-14-8-12(16-2-1-7-31-16)9-15(27)18(14)19(26(21)25-20)11-3-5-13(6-4-11)30-10-17(28)29/h1-7,12,19H,8-10H2,(H,28,29)(H3,22,23,24,25)/t12-,19+/m1/s1. The Morgan fingerprint density at radius 1 is 1.29 bits per heavy atom. The Bertz CT molecular complexity index is 1180. The predicted molar refractivity (Wildman–Crippen MR) is 114 cm³/mol. The molecular weight excluding hydrogens is 418 g/mol. The van der Waals surface area contributed by atoms with E-state index in [4.69, 9.17) is 15.6 Å². The summed E-state index contributed by atoms with van der Waals surface area (Å²) in [6.45, 7) is -0.422. The SMILES string of the molecule is Nc1nc2n(n1)[C@@H](c1ccc(OCC(=O)O)cc1)C1=C(C[C@@H](c3cccs3)CC1=O)N2. The molecule has 3 aromatic rings. The van der Waals surface area contributed by atoms with Gasteiger partial charge in [-0.2, -0.15) is 4.98 Å².